The summed E-state index contributed by atoms with van der Waals surface area (Å²) in [5.41, 5.74) is 7.70. The molecule has 35 heavy (non-hydrogen) atoms. The summed E-state index contributed by atoms with van der Waals surface area (Å²) in [4.78, 5) is 16.2. The van der Waals surface area contributed by atoms with Gasteiger partial charge in [0.2, 0.25) is 12.2 Å². The molecule has 8 nitrogen and oxygen atoms in total. The van der Waals surface area contributed by atoms with Crippen LogP contribution in [0, 0.1) is 0 Å². The van der Waals surface area contributed by atoms with Crippen LogP contribution in [-0.4, -0.2) is 59.4 Å². The molecule has 0 radical (unpaired) electrons. The highest BCUT2D eigenvalue weighted by Gasteiger charge is 2.27. The van der Waals surface area contributed by atoms with Gasteiger partial charge < -0.3 is 24.7 Å². The molecule has 184 valence electrons. The number of rotatable bonds is 9. The number of para-hydroxylation sites is 1. The first kappa shape index (κ1) is 23.1. The smallest absolute Gasteiger partial charge is 0.317 e. The van der Waals surface area contributed by atoms with E-state index in [1.807, 2.05) is 36.4 Å². The maximum Gasteiger partial charge on any atom is 0.317 e. The number of ether oxygens (including phenoxy) is 2. The minimum Gasteiger partial charge on any atom is -0.457 e. The summed E-state index contributed by atoms with van der Waals surface area (Å²) in [6.45, 7) is 5.77. The first-order valence-electron chi connectivity index (χ1n) is 12.3. The number of aryl methyl sites for hydroxylation is 1. The topological polar surface area (TPSA) is 85.0 Å². The fraction of sp³-hybridized carbons (Fsp3) is 0.370. The normalized spacial score (nSPS) is 18.2. The van der Waals surface area contributed by atoms with Gasteiger partial charge >= 0.3 is 6.03 Å². The van der Waals surface area contributed by atoms with E-state index in [2.05, 4.69) is 43.9 Å². The third-order valence-electron chi connectivity index (χ3n) is 6.67. The van der Waals surface area contributed by atoms with Crippen molar-refractivity contribution < 1.29 is 14.3 Å². The van der Waals surface area contributed by atoms with Crippen LogP contribution in [0.1, 0.15) is 18.4 Å². The molecule has 3 N–H and O–H groups in total. The number of nitrogens with one attached hydrogen (secondary N) is 1. The van der Waals surface area contributed by atoms with Gasteiger partial charge in [0.25, 0.3) is 0 Å². The number of carbonyl (C=O) groups excluding carboxylic acids is 1. The fourth-order valence-corrected chi connectivity index (χ4v) is 4.85. The molecule has 3 heterocycles. The monoisotopic (exact) mass is 475 g/mol. The number of urea groups is 1. The number of carbonyl (C=O) groups is 1. The molecule has 0 spiro atoms. The van der Waals surface area contributed by atoms with E-state index >= 15 is 0 Å². The van der Waals surface area contributed by atoms with Gasteiger partial charge in [-0.15, -0.1) is 0 Å². The zero-order valence-corrected chi connectivity index (χ0v) is 19.9. The Hall–Kier alpha value is -3.65. The number of fused-ring (bicyclic) bond motifs is 1. The molecule has 0 saturated carbocycles. The minimum atomic E-state index is -0.537. The number of benzene rings is 2. The second kappa shape index (κ2) is 10.7. The molecule has 2 aliphatic rings. The van der Waals surface area contributed by atoms with Gasteiger partial charge in [0.05, 0.1) is 0 Å². The second-order valence-corrected chi connectivity index (χ2v) is 9.09. The lowest BCUT2D eigenvalue weighted by atomic mass is 10.1. The van der Waals surface area contributed by atoms with Crippen molar-refractivity contribution in [1.29, 1.82) is 0 Å². The number of amides is 2. The Balaban J connectivity index is 1.05. The van der Waals surface area contributed by atoms with Crippen LogP contribution in [0.4, 0.5) is 10.6 Å². The van der Waals surface area contributed by atoms with Gasteiger partial charge in [-0.25, -0.2) is 4.79 Å². The molecule has 2 aromatic carbocycles. The molecular formula is C27H33N5O3. The van der Waals surface area contributed by atoms with Crippen molar-refractivity contribution in [3.63, 3.8) is 0 Å². The molecule has 2 aliphatic heterocycles. The predicted molar refractivity (Wildman–Crippen MR) is 137 cm³/mol. The van der Waals surface area contributed by atoms with E-state index in [0.29, 0.717) is 0 Å². The van der Waals surface area contributed by atoms with Crippen molar-refractivity contribution in [3.8, 4) is 0 Å². The third kappa shape index (κ3) is 5.71. The zero-order chi connectivity index (χ0) is 24.0. The lowest BCUT2D eigenvalue weighted by Gasteiger charge is -2.35. The molecule has 0 bridgehead atoms. The Bertz CT molecular complexity index is 1170. The van der Waals surface area contributed by atoms with Crippen LogP contribution in [0.5, 0.6) is 0 Å². The second-order valence-electron chi connectivity index (χ2n) is 9.09. The Labute approximate surface area is 205 Å². The highest BCUT2D eigenvalue weighted by molar-refractivity contribution is 5.92. The van der Waals surface area contributed by atoms with Crippen LogP contribution >= 0.6 is 0 Å². The van der Waals surface area contributed by atoms with Gasteiger partial charge in [-0.1, -0.05) is 48.5 Å². The minimum absolute atomic E-state index is 0.246. The van der Waals surface area contributed by atoms with Crippen molar-refractivity contribution in [2.45, 2.75) is 32.1 Å². The lowest BCUT2D eigenvalue weighted by Crippen LogP contribution is -2.46. The number of primary amides is 1. The fourth-order valence-electron chi connectivity index (χ4n) is 4.85. The SMILES string of the molecule is NC(=O)Nc1cc2ccccc2n1CCCCN1CCN(C2=COC(Cc3ccccc3)O2)CC1. The summed E-state index contributed by atoms with van der Waals surface area (Å²) in [6, 6.07) is 19.9. The van der Waals surface area contributed by atoms with Gasteiger partial charge in [0.15, 0.2) is 0 Å². The van der Waals surface area contributed by atoms with Gasteiger partial charge in [0, 0.05) is 50.0 Å². The van der Waals surface area contributed by atoms with E-state index in [1.54, 1.807) is 6.26 Å². The Morgan fingerprint density at radius 3 is 2.51 bits per heavy atom. The van der Waals surface area contributed by atoms with Crippen molar-refractivity contribution in [2.24, 2.45) is 5.73 Å². The van der Waals surface area contributed by atoms with Crippen molar-refractivity contribution in [3.05, 3.63) is 78.4 Å². The summed E-state index contributed by atoms with van der Waals surface area (Å²) >= 11 is 0. The molecule has 5 rings (SSSR count). The Morgan fingerprint density at radius 1 is 0.971 bits per heavy atom. The Morgan fingerprint density at radius 2 is 1.71 bits per heavy atom. The molecule has 1 aromatic heterocycles. The molecule has 3 aromatic rings. The molecule has 8 heteroatoms. The number of piperazine rings is 1. The zero-order valence-electron chi connectivity index (χ0n) is 19.9. The summed E-state index contributed by atoms with van der Waals surface area (Å²) in [5.74, 6) is 1.60. The van der Waals surface area contributed by atoms with Crippen LogP contribution in [0.25, 0.3) is 10.9 Å². The first-order chi connectivity index (χ1) is 17.2. The van der Waals surface area contributed by atoms with Crippen LogP contribution in [0.15, 0.2) is 72.8 Å². The van der Waals surface area contributed by atoms with Crippen LogP contribution in [0.2, 0.25) is 0 Å². The molecule has 2 amide bonds. The number of nitrogens with zero attached hydrogens (tertiary/aromatic N) is 3. The molecular weight excluding hydrogens is 442 g/mol. The summed E-state index contributed by atoms with van der Waals surface area (Å²) in [7, 11) is 0. The maximum atomic E-state index is 11.4. The number of anilines is 1. The summed E-state index contributed by atoms with van der Waals surface area (Å²) < 4.78 is 14.0. The van der Waals surface area contributed by atoms with E-state index in [1.165, 1.54) is 5.56 Å². The standard InChI is InChI=1S/C27H33N5O3/c28-27(33)29-24-19-22-10-4-5-11-23(22)32(24)13-7-6-12-30-14-16-31(17-15-30)25-20-34-26(35-25)18-21-8-2-1-3-9-21/h1-5,8-11,19-20,26H,6-7,12-18H2,(H3,28,29,33). The highest BCUT2D eigenvalue weighted by atomic mass is 16.7. The van der Waals surface area contributed by atoms with Crippen LogP contribution in [-0.2, 0) is 22.4 Å². The highest BCUT2D eigenvalue weighted by Crippen LogP contribution is 2.25. The molecule has 1 unspecified atom stereocenters. The van der Waals surface area contributed by atoms with Gasteiger partial charge in [-0.2, -0.15) is 0 Å². The molecule has 1 atom stereocenters. The van der Waals surface area contributed by atoms with Crippen LogP contribution in [0.3, 0.4) is 0 Å². The summed E-state index contributed by atoms with van der Waals surface area (Å²) in [6.07, 6.45) is 4.37. The van der Waals surface area contributed by atoms with Crippen molar-refractivity contribution >= 4 is 22.8 Å². The van der Waals surface area contributed by atoms with Gasteiger partial charge in [0.1, 0.15) is 12.1 Å². The number of hydrogen-bond donors (Lipinski definition) is 2. The first-order valence-corrected chi connectivity index (χ1v) is 12.3. The average molecular weight is 476 g/mol. The number of hydrogen-bond acceptors (Lipinski definition) is 5. The summed E-state index contributed by atoms with van der Waals surface area (Å²) in [5, 5.41) is 3.86. The molecule has 0 aliphatic carbocycles. The Kier molecular flexibility index (Phi) is 7.09. The van der Waals surface area contributed by atoms with E-state index in [4.69, 9.17) is 15.2 Å². The third-order valence-corrected chi connectivity index (χ3v) is 6.67. The van der Waals surface area contributed by atoms with Crippen molar-refractivity contribution in [1.82, 2.24) is 14.4 Å². The van der Waals surface area contributed by atoms with Gasteiger partial charge in [-0.3, -0.25) is 10.2 Å². The number of nitrogens with two attached hydrogens (primary N) is 1. The van der Waals surface area contributed by atoms with Crippen molar-refractivity contribution in [2.75, 3.05) is 38.0 Å². The average Bonchev–Trinajstić information content (AvgIpc) is 3.47. The molecule has 1 fully saturated rings. The lowest BCUT2D eigenvalue weighted by molar-refractivity contribution is -0.0522. The van der Waals surface area contributed by atoms with Crippen LogP contribution < -0.4 is 11.1 Å². The molecule has 1 saturated heterocycles. The number of unbranched alkanes of at least 4 members (excludes halogenated alkanes) is 1. The van der Waals surface area contributed by atoms with Gasteiger partial charge in [-0.05, 0) is 37.1 Å². The largest absolute Gasteiger partial charge is 0.457 e. The number of aromatic nitrogens is 1. The van der Waals surface area contributed by atoms with E-state index in [0.717, 1.165) is 81.1 Å². The maximum absolute atomic E-state index is 11.4. The predicted octanol–water partition coefficient (Wildman–Crippen LogP) is 3.94. The van der Waals surface area contributed by atoms with E-state index in [-0.39, 0.29) is 6.29 Å². The van der Waals surface area contributed by atoms with E-state index in [9.17, 15) is 4.79 Å². The quantitative estimate of drug-likeness (QED) is 0.458. The van der Waals surface area contributed by atoms with E-state index < -0.39 is 6.03 Å².